The van der Waals surface area contributed by atoms with Gasteiger partial charge in [-0.2, -0.15) is 4.98 Å². The molecule has 5 heteroatoms. The Balaban J connectivity index is 2.26. The number of fused-ring (bicyclic) bond motifs is 1. The molecular formula is C12H9BrN4. The minimum atomic E-state index is 0.287. The molecule has 0 aliphatic rings. The van der Waals surface area contributed by atoms with E-state index in [-0.39, 0.29) is 5.95 Å². The number of nitrogens with two attached hydrogens (primary N) is 1. The third-order valence-corrected chi connectivity index (χ3v) is 3.06. The van der Waals surface area contributed by atoms with Crippen LogP contribution in [0.1, 0.15) is 0 Å². The molecule has 0 bridgehead atoms. The summed E-state index contributed by atoms with van der Waals surface area (Å²) < 4.78 is 2.74. The molecular weight excluding hydrogens is 280 g/mol. The van der Waals surface area contributed by atoms with E-state index in [0.717, 1.165) is 21.2 Å². The van der Waals surface area contributed by atoms with Gasteiger partial charge in [-0.1, -0.05) is 28.1 Å². The number of halogens is 1. The molecule has 3 rings (SSSR count). The summed E-state index contributed by atoms with van der Waals surface area (Å²) in [6, 6.07) is 12.0. The van der Waals surface area contributed by atoms with Crippen LogP contribution in [-0.2, 0) is 0 Å². The average molecular weight is 289 g/mol. The van der Waals surface area contributed by atoms with Crippen molar-refractivity contribution in [3.63, 3.8) is 0 Å². The Morgan fingerprint density at radius 1 is 1.12 bits per heavy atom. The lowest BCUT2D eigenvalue weighted by molar-refractivity contribution is 0.969. The molecule has 4 nitrogen and oxygen atoms in total. The van der Waals surface area contributed by atoms with Crippen LogP contribution in [0.25, 0.3) is 16.8 Å². The van der Waals surface area contributed by atoms with Crippen molar-refractivity contribution in [3.8, 4) is 11.1 Å². The largest absolute Gasteiger partial charge is 0.366 e. The minimum Gasteiger partial charge on any atom is -0.366 e. The second kappa shape index (κ2) is 3.85. The van der Waals surface area contributed by atoms with E-state index in [2.05, 4.69) is 26.0 Å². The van der Waals surface area contributed by atoms with E-state index < -0.39 is 0 Å². The summed E-state index contributed by atoms with van der Waals surface area (Å²) in [5.41, 5.74) is 8.49. The van der Waals surface area contributed by atoms with Crippen molar-refractivity contribution in [3.05, 3.63) is 47.1 Å². The molecule has 1 aromatic carbocycles. The van der Waals surface area contributed by atoms with Crippen molar-refractivity contribution in [1.82, 2.24) is 14.6 Å². The van der Waals surface area contributed by atoms with Crippen LogP contribution in [0, 0.1) is 0 Å². The van der Waals surface area contributed by atoms with Gasteiger partial charge in [0, 0.05) is 16.2 Å². The number of benzene rings is 1. The molecule has 0 amide bonds. The zero-order chi connectivity index (χ0) is 11.8. The van der Waals surface area contributed by atoms with Crippen LogP contribution >= 0.6 is 15.9 Å². The highest BCUT2D eigenvalue weighted by Gasteiger charge is 2.07. The smallest absolute Gasteiger partial charge is 0.240 e. The first-order valence-corrected chi connectivity index (χ1v) is 5.90. The number of hydrogen-bond acceptors (Lipinski definition) is 3. The van der Waals surface area contributed by atoms with E-state index in [1.54, 1.807) is 4.52 Å². The molecule has 0 fully saturated rings. The predicted molar refractivity (Wildman–Crippen MR) is 70.5 cm³/mol. The normalized spacial score (nSPS) is 10.9. The highest BCUT2D eigenvalue weighted by atomic mass is 79.9. The Morgan fingerprint density at radius 3 is 2.65 bits per heavy atom. The molecule has 0 radical (unpaired) electrons. The second-order valence-electron chi connectivity index (χ2n) is 3.67. The maximum atomic E-state index is 5.61. The standard InChI is InChI=1S/C12H9BrN4/c13-9-5-3-8(4-6-9)10-2-1-7-17-11(10)15-12(14)16-17/h1-7H,(H2,14,16). The van der Waals surface area contributed by atoms with Gasteiger partial charge in [0.1, 0.15) is 0 Å². The highest BCUT2D eigenvalue weighted by Crippen LogP contribution is 2.25. The number of pyridine rings is 1. The summed E-state index contributed by atoms with van der Waals surface area (Å²) in [6.45, 7) is 0. The summed E-state index contributed by atoms with van der Waals surface area (Å²) >= 11 is 3.42. The third kappa shape index (κ3) is 1.78. The molecule has 0 atom stereocenters. The lowest BCUT2D eigenvalue weighted by Crippen LogP contribution is -1.89. The van der Waals surface area contributed by atoms with Crippen molar-refractivity contribution in [2.45, 2.75) is 0 Å². The van der Waals surface area contributed by atoms with Gasteiger partial charge in [-0.15, -0.1) is 5.10 Å². The Labute approximate surface area is 106 Å². The fourth-order valence-corrected chi connectivity index (χ4v) is 2.04. The second-order valence-corrected chi connectivity index (χ2v) is 4.58. The van der Waals surface area contributed by atoms with Gasteiger partial charge in [-0.3, -0.25) is 0 Å². The Bertz CT molecular complexity index is 673. The molecule has 0 aliphatic heterocycles. The Kier molecular flexibility index (Phi) is 2.33. The van der Waals surface area contributed by atoms with E-state index in [1.807, 2.05) is 42.6 Å². The SMILES string of the molecule is Nc1nc2c(-c3ccc(Br)cc3)cccn2n1. The van der Waals surface area contributed by atoms with Crippen molar-refractivity contribution in [2.75, 3.05) is 5.73 Å². The Morgan fingerprint density at radius 2 is 1.88 bits per heavy atom. The maximum Gasteiger partial charge on any atom is 0.240 e. The molecule has 2 N–H and O–H groups in total. The molecule has 0 saturated carbocycles. The van der Waals surface area contributed by atoms with Gasteiger partial charge in [0.15, 0.2) is 5.65 Å². The first-order chi connectivity index (χ1) is 8.24. The third-order valence-electron chi connectivity index (χ3n) is 2.53. The lowest BCUT2D eigenvalue weighted by Gasteiger charge is -2.02. The summed E-state index contributed by atoms with van der Waals surface area (Å²) in [7, 11) is 0. The number of nitrogen functional groups attached to an aromatic ring is 1. The number of nitrogens with zero attached hydrogens (tertiary/aromatic N) is 3. The van der Waals surface area contributed by atoms with Crippen LogP contribution < -0.4 is 5.73 Å². The minimum absolute atomic E-state index is 0.287. The number of aromatic nitrogens is 3. The number of hydrogen-bond donors (Lipinski definition) is 1. The number of rotatable bonds is 1. The molecule has 2 heterocycles. The van der Waals surface area contributed by atoms with Crippen molar-refractivity contribution in [2.24, 2.45) is 0 Å². The summed E-state index contributed by atoms with van der Waals surface area (Å²) in [5.74, 6) is 0.287. The highest BCUT2D eigenvalue weighted by molar-refractivity contribution is 9.10. The summed E-state index contributed by atoms with van der Waals surface area (Å²) in [4.78, 5) is 4.23. The van der Waals surface area contributed by atoms with Gasteiger partial charge in [0.2, 0.25) is 5.95 Å². The zero-order valence-electron chi connectivity index (χ0n) is 8.84. The van der Waals surface area contributed by atoms with E-state index in [0.29, 0.717) is 0 Å². The van der Waals surface area contributed by atoms with Gasteiger partial charge in [0.25, 0.3) is 0 Å². The molecule has 0 spiro atoms. The van der Waals surface area contributed by atoms with Crippen LogP contribution in [0.2, 0.25) is 0 Å². The van der Waals surface area contributed by atoms with Gasteiger partial charge in [-0.05, 0) is 29.8 Å². The van der Waals surface area contributed by atoms with Crippen LogP contribution in [0.4, 0.5) is 5.95 Å². The zero-order valence-corrected chi connectivity index (χ0v) is 10.4. The molecule has 84 valence electrons. The topological polar surface area (TPSA) is 56.2 Å². The van der Waals surface area contributed by atoms with Gasteiger partial charge in [0.05, 0.1) is 0 Å². The quantitative estimate of drug-likeness (QED) is 0.749. The lowest BCUT2D eigenvalue weighted by atomic mass is 10.1. The van der Waals surface area contributed by atoms with Crippen LogP contribution in [0.3, 0.4) is 0 Å². The molecule has 0 unspecified atom stereocenters. The van der Waals surface area contributed by atoms with E-state index in [4.69, 9.17) is 5.73 Å². The van der Waals surface area contributed by atoms with Gasteiger partial charge >= 0.3 is 0 Å². The summed E-state index contributed by atoms with van der Waals surface area (Å²) in [5, 5.41) is 4.09. The van der Waals surface area contributed by atoms with Crippen LogP contribution in [0.5, 0.6) is 0 Å². The monoisotopic (exact) mass is 288 g/mol. The molecule has 0 aliphatic carbocycles. The van der Waals surface area contributed by atoms with Crippen molar-refractivity contribution < 1.29 is 0 Å². The fourth-order valence-electron chi connectivity index (χ4n) is 1.78. The molecule has 3 aromatic rings. The van der Waals surface area contributed by atoms with Gasteiger partial charge < -0.3 is 5.73 Å². The first-order valence-electron chi connectivity index (χ1n) is 5.11. The Hall–Kier alpha value is -1.88. The molecule has 0 saturated heterocycles. The average Bonchev–Trinajstić information content (AvgIpc) is 2.70. The maximum absolute atomic E-state index is 5.61. The number of anilines is 1. The predicted octanol–water partition coefficient (Wildman–Crippen LogP) is 2.74. The van der Waals surface area contributed by atoms with Crippen LogP contribution in [-0.4, -0.2) is 14.6 Å². The molecule has 17 heavy (non-hydrogen) atoms. The summed E-state index contributed by atoms with van der Waals surface area (Å²) in [6.07, 6.45) is 1.83. The van der Waals surface area contributed by atoms with Gasteiger partial charge in [-0.25, -0.2) is 4.52 Å². The van der Waals surface area contributed by atoms with E-state index in [1.165, 1.54) is 0 Å². The first kappa shape index (κ1) is 10.3. The molecule has 2 aromatic heterocycles. The van der Waals surface area contributed by atoms with Crippen molar-refractivity contribution in [1.29, 1.82) is 0 Å². The van der Waals surface area contributed by atoms with E-state index in [9.17, 15) is 0 Å². The fraction of sp³-hybridized carbons (Fsp3) is 0. The van der Waals surface area contributed by atoms with Crippen LogP contribution in [0.15, 0.2) is 47.1 Å². The van der Waals surface area contributed by atoms with E-state index >= 15 is 0 Å². The van der Waals surface area contributed by atoms with Crippen molar-refractivity contribution >= 4 is 27.5 Å².